The summed E-state index contributed by atoms with van der Waals surface area (Å²) < 4.78 is 5.42. The molecule has 2 saturated heterocycles. The van der Waals surface area contributed by atoms with Crippen molar-refractivity contribution in [3.05, 3.63) is 0 Å². The SMILES string of the molecule is CC(C)CC1NC(=O)C(C)N(CC2(C)CCOCC2)C1=O. The lowest BCUT2D eigenvalue weighted by atomic mass is 9.81. The number of carbonyl (C=O) groups is 2. The Morgan fingerprint density at radius 1 is 1.33 bits per heavy atom. The Morgan fingerprint density at radius 3 is 2.52 bits per heavy atom. The fourth-order valence-corrected chi connectivity index (χ4v) is 3.17. The zero-order chi connectivity index (χ0) is 15.6. The van der Waals surface area contributed by atoms with Crippen LogP contribution in [0, 0.1) is 11.3 Å². The van der Waals surface area contributed by atoms with Crippen LogP contribution < -0.4 is 5.32 Å². The Kier molecular flexibility index (Phi) is 4.91. The Bertz CT molecular complexity index is 402. The molecule has 0 aliphatic carbocycles. The molecule has 0 aromatic rings. The highest BCUT2D eigenvalue weighted by molar-refractivity contribution is 5.96. The van der Waals surface area contributed by atoms with Crippen molar-refractivity contribution in [2.45, 2.75) is 59.0 Å². The molecule has 2 fully saturated rings. The van der Waals surface area contributed by atoms with Crippen LogP contribution >= 0.6 is 0 Å². The van der Waals surface area contributed by atoms with E-state index in [-0.39, 0.29) is 29.3 Å². The zero-order valence-corrected chi connectivity index (χ0v) is 13.6. The third-order valence-corrected chi connectivity index (χ3v) is 4.70. The monoisotopic (exact) mass is 296 g/mol. The van der Waals surface area contributed by atoms with Gasteiger partial charge in [0.25, 0.3) is 0 Å². The predicted molar refractivity (Wildman–Crippen MR) is 80.7 cm³/mol. The first-order chi connectivity index (χ1) is 9.82. The summed E-state index contributed by atoms with van der Waals surface area (Å²) in [6, 6.07) is -0.738. The second-order valence-corrected chi connectivity index (χ2v) is 7.26. The van der Waals surface area contributed by atoms with Crippen molar-refractivity contribution in [1.82, 2.24) is 10.2 Å². The highest BCUT2D eigenvalue weighted by Gasteiger charge is 2.41. The van der Waals surface area contributed by atoms with Crippen LogP contribution in [0.3, 0.4) is 0 Å². The highest BCUT2D eigenvalue weighted by Crippen LogP contribution is 2.32. The Morgan fingerprint density at radius 2 is 1.95 bits per heavy atom. The lowest BCUT2D eigenvalue weighted by Crippen LogP contribution is -2.64. The summed E-state index contributed by atoms with van der Waals surface area (Å²) in [5, 5.41) is 2.87. The maximum atomic E-state index is 12.7. The number of carbonyl (C=O) groups excluding carboxylic acids is 2. The summed E-state index contributed by atoms with van der Waals surface area (Å²) in [6.07, 6.45) is 2.59. The minimum atomic E-state index is -0.374. The van der Waals surface area contributed by atoms with Gasteiger partial charge in [0.15, 0.2) is 0 Å². The first kappa shape index (κ1) is 16.3. The Balaban J connectivity index is 2.10. The molecular weight excluding hydrogens is 268 g/mol. The number of amides is 2. The summed E-state index contributed by atoms with van der Waals surface area (Å²) in [7, 11) is 0. The van der Waals surface area contributed by atoms with Crippen LogP contribution in [0.25, 0.3) is 0 Å². The van der Waals surface area contributed by atoms with E-state index in [2.05, 4.69) is 26.1 Å². The van der Waals surface area contributed by atoms with Gasteiger partial charge in [0.1, 0.15) is 12.1 Å². The number of ether oxygens (including phenoxy) is 1. The van der Waals surface area contributed by atoms with Gasteiger partial charge >= 0.3 is 0 Å². The van der Waals surface area contributed by atoms with E-state index in [0.717, 1.165) is 26.1 Å². The van der Waals surface area contributed by atoms with Crippen molar-refractivity contribution >= 4 is 11.8 Å². The average molecular weight is 296 g/mol. The van der Waals surface area contributed by atoms with Crippen LogP contribution in [-0.4, -0.2) is 48.6 Å². The van der Waals surface area contributed by atoms with Crippen LogP contribution in [0.5, 0.6) is 0 Å². The van der Waals surface area contributed by atoms with Crippen LogP contribution in [-0.2, 0) is 14.3 Å². The van der Waals surface area contributed by atoms with E-state index in [0.29, 0.717) is 18.9 Å². The molecule has 5 nitrogen and oxygen atoms in total. The second kappa shape index (κ2) is 6.34. The smallest absolute Gasteiger partial charge is 0.245 e. The largest absolute Gasteiger partial charge is 0.381 e. The molecule has 2 heterocycles. The molecule has 0 spiro atoms. The van der Waals surface area contributed by atoms with Gasteiger partial charge in [-0.2, -0.15) is 0 Å². The molecule has 2 amide bonds. The van der Waals surface area contributed by atoms with Crippen molar-refractivity contribution in [2.24, 2.45) is 11.3 Å². The number of nitrogens with one attached hydrogen (secondary N) is 1. The molecule has 120 valence electrons. The third-order valence-electron chi connectivity index (χ3n) is 4.70. The van der Waals surface area contributed by atoms with Crippen LogP contribution in [0.15, 0.2) is 0 Å². The molecule has 0 saturated carbocycles. The molecule has 2 atom stereocenters. The lowest BCUT2D eigenvalue weighted by Gasteiger charge is -2.44. The quantitative estimate of drug-likeness (QED) is 0.856. The zero-order valence-electron chi connectivity index (χ0n) is 13.6. The van der Waals surface area contributed by atoms with Gasteiger partial charge in [0.2, 0.25) is 11.8 Å². The predicted octanol–water partition coefficient (Wildman–Crippen LogP) is 1.56. The standard InChI is InChI=1S/C16H28N2O3/c1-11(2)9-13-15(20)18(12(3)14(19)17-13)10-16(4)5-7-21-8-6-16/h11-13H,5-10H2,1-4H3,(H,17,19). The number of rotatable bonds is 4. The van der Waals surface area contributed by atoms with Crippen LogP contribution in [0.2, 0.25) is 0 Å². The number of piperazine rings is 1. The molecule has 0 aromatic heterocycles. The van der Waals surface area contributed by atoms with Crippen molar-refractivity contribution in [1.29, 1.82) is 0 Å². The van der Waals surface area contributed by atoms with Gasteiger partial charge in [-0.15, -0.1) is 0 Å². The van der Waals surface area contributed by atoms with Gasteiger partial charge in [-0.1, -0.05) is 20.8 Å². The van der Waals surface area contributed by atoms with E-state index >= 15 is 0 Å². The summed E-state index contributed by atoms with van der Waals surface area (Å²) in [4.78, 5) is 26.7. The molecule has 1 N–H and O–H groups in total. The normalized spacial score (nSPS) is 29.7. The lowest BCUT2D eigenvalue weighted by molar-refractivity contribution is -0.151. The van der Waals surface area contributed by atoms with Gasteiger partial charge in [-0.05, 0) is 37.5 Å². The Labute approximate surface area is 127 Å². The van der Waals surface area contributed by atoms with E-state index in [9.17, 15) is 9.59 Å². The molecular formula is C16H28N2O3. The van der Waals surface area contributed by atoms with Crippen molar-refractivity contribution in [3.63, 3.8) is 0 Å². The third kappa shape index (κ3) is 3.76. The molecule has 0 radical (unpaired) electrons. The molecule has 2 aliphatic heterocycles. The van der Waals surface area contributed by atoms with E-state index in [1.807, 2.05) is 6.92 Å². The van der Waals surface area contributed by atoms with Crippen molar-refractivity contribution in [3.8, 4) is 0 Å². The van der Waals surface area contributed by atoms with E-state index in [1.165, 1.54) is 0 Å². The topological polar surface area (TPSA) is 58.6 Å². The highest BCUT2D eigenvalue weighted by atomic mass is 16.5. The first-order valence-corrected chi connectivity index (χ1v) is 8.01. The molecule has 21 heavy (non-hydrogen) atoms. The van der Waals surface area contributed by atoms with Crippen LogP contribution in [0.4, 0.5) is 0 Å². The number of nitrogens with zero attached hydrogens (tertiary/aromatic N) is 1. The minimum absolute atomic E-state index is 0.0316. The van der Waals surface area contributed by atoms with Crippen LogP contribution in [0.1, 0.15) is 47.0 Å². The van der Waals surface area contributed by atoms with Gasteiger partial charge in [0.05, 0.1) is 0 Å². The average Bonchev–Trinajstić information content (AvgIpc) is 2.41. The van der Waals surface area contributed by atoms with Crippen molar-refractivity contribution in [2.75, 3.05) is 19.8 Å². The maximum absolute atomic E-state index is 12.7. The molecule has 0 aromatic carbocycles. The van der Waals surface area contributed by atoms with Gasteiger partial charge < -0.3 is 15.0 Å². The molecule has 2 unspecified atom stereocenters. The fourth-order valence-electron chi connectivity index (χ4n) is 3.17. The number of hydrogen-bond acceptors (Lipinski definition) is 3. The summed E-state index contributed by atoms with van der Waals surface area (Å²) in [6.45, 7) is 10.3. The van der Waals surface area contributed by atoms with Gasteiger partial charge in [-0.25, -0.2) is 0 Å². The van der Waals surface area contributed by atoms with E-state index in [1.54, 1.807) is 4.90 Å². The summed E-state index contributed by atoms with van der Waals surface area (Å²) in [5.41, 5.74) is 0.0577. The molecule has 5 heteroatoms. The molecule has 0 bridgehead atoms. The maximum Gasteiger partial charge on any atom is 0.245 e. The van der Waals surface area contributed by atoms with E-state index in [4.69, 9.17) is 4.74 Å². The molecule has 2 aliphatic rings. The molecule has 2 rings (SSSR count). The fraction of sp³-hybridized carbons (Fsp3) is 0.875. The van der Waals surface area contributed by atoms with Crippen molar-refractivity contribution < 1.29 is 14.3 Å². The summed E-state index contributed by atoms with van der Waals surface area (Å²) >= 11 is 0. The summed E-state index contributed by atoms with van der Waals surface area (Å²) in [5.74, 6) is 0.424. The minimum Gasteiger partial charge on any atom is -0.381 e. The number of hydrogen-bond donors (Lipinski definition) is 1. The van der Waals surface area contributed by atoms with Gasteiger partial charge in [-0.3, -0.25) is 9.59 Å². The Hall–Kier alpha value is -1.10. The van der Waals surface area contributed by atoms with Gasteiger partial charge in [0, 0.05) is 19.8 Å². The second-order valence-electron chi connectivity index (χ2n) is 7.26. The first-order valence-electron chi connectivity index (χ1n) is 8.01. The van der Waals surface area contributed by atoms with E-state index < -0.39 is 0 Å².